The van der Waals surface area contributed by atoms with Crippen LogP contribution in [0.5, 0.6) is 0 Å². The Morgan fingerprint density at radius 3 is 2.22 bits per heavy atom. The number of esters is 1. The van der Waals surface area contributed by atoms with E-state index in [9.17, 15) is 24.0 Å². The summed E-state index contributed by atoms with van der Waals surface area (Å²) < 4.78 is 4.91. The smallest absolute Gasteiger partial charge is 0.329 e. The third-order valence-electron chi connectivity index (χ3n) is 4.97. The molecule has 0 aromatic carbocycles. The maximum absolute atomic E-state index is 12.5. The van der Waals surface area contributed by atoms with Crippen LogP contribution in [-0.2, 0) is 28.7 Å². The average Bonchev–Trinajstić information content (AvgIpc) is 2.93. The number of imide groups is 1. The molecule has 1 aliphatic heterocycles. The Morgan fingerprint density at radius 1 is 1.07 bits per heavy atom. The first kappa shape index (κ1) is 20.9. The minimum Gasteiger partial charge on any atom is -0.454 e. The number of hydrogen-bond acceptors (Lipinski definition) is 6. The van der Waals surface area contributed by atoms with Gasteiger partial charge in [-0.3, -0.25) is 24.1 Å². The summed E-state index contributed by atoms with van der Waals surface area (Å²) in [5.74, 6) is -3.12. The van der Waals surface area contributed by atoms with Crippen molar-refractivity contribution in [2.75, 3.05) is 19.7 Å². The summed E-state index contributed by atoms with van der Waals surface area (Å²) in [5, 5.41) is 4.94. The lowest BCUT2D eigenvalue weighted by molar-refractivity contribution is -0.159. The first-order valence-electron chi connectivity index (χ1n) is 9.43. The quantitative estimate of drug-likeness (QED) is 0.441. The first-order valence-corrected chi connectivity index (χ1v) is 9.43. The fraction of sp³-hybridized carbons (Fsp3) is 0.722. The zero-order valence-corrected chi connectivity index (χ0v) is 15.8. The average molecular weight is 381 g/mol. The third-order valence-corrected chi connectivity index (χ3v) is 4.97. The molecule has 1 aliphatic carbocycles. The zero-order chi connectivity index (χ0) is 20.0. The van der Waals surface area contributed by atoms with Crippen molar-refractivity contribution in [3.63, 3.8) is 0 Å². The fourth-order valence-electron chi connectivity index (χ4n) is 3.49. The highest BCUT2D eigenvalue weighted by Crippen LogP contribution is 2.38. The summed E-state index contributed by atoms with van der Waals surface area (Å²) in [5.41, 5.74) is 0. The summed E-state index contributed by atoms with van der Waals surface area (Å²) in [6.07, 6.45) is 3.91. The second-order valence-electron chi connectivity index (χ2n) is 6.95. The van der Waals surface area contributed by atoms with Gasteiger partial charge < -0.3 is 15.4 Å². The van der Waals surface area contributed by atoms with Crippen LogP contribution in [0.2, 0.25) is 0 Å². The predicted molar refractivity (Wildman–Crippen MR) is 94.0 cm³/mol. The van der Waals surface area contributed by atoms with Crippen LogP contribution in [0.4, 0.5) is 0 Å². The van der Waals surface area contributed by atoms with Crippen molar-refractivity contribution in [3.8, 4) is 0 Å². The van der Waals surface area contributed by atoms with E-state index in [-0.39, 0.29) is 36.1 Å². The Bertz CT molecular complexity index is 596. The van der Waals surface area contributed by atoms with Crippen LogP contribution in [0.15, 0.2) is 0 Å². The third kappa shape index (κ3) is 5.05. The highest BCUT2D eigenvalue weighted by Gasteiger charge is 2.51. The lowest BCUT2D eigenvalue weighted by Gasteiger charge is -2.21. The van der Waals surface area contributed by atoms with Crippen molar-refractivity contribution in [1.82, 2.24) is 15.5 Å². The van der Waals surface area contributed by atoms with E-state index in [1.165, 1.54) is 6.92 Å². The van der Waals surface area contributed by atoms with Gasteiger partial charge in [-0.05, 0) is 26.2 Å². The molecule has 1 heterocycles. The van der Waals surface area contributed by atoms with Crippen LogP contribution in [0.1, 0.15) is 46.0 Å². The minimum absolute atomic E-state index is 0.210. The fourth-order valence-corrected chi connectivity index (χ4v) is 3.49. The SMILES string of the molecule is CCCNC(=O)CNC(=O)COC(=O)[C@H](C)N1C(=O)[C@H]2CCCC[C@@H]2C1=O. The number of rotatable bonds is 8. The molecule has 0 aromatic rings. The van der Waals surface area contributed by atoms with Gasteiger partial charge in [0.05, 0.1) is 18.4 Å². The van der Waals surface area contributed by atoms with E-state index >= 15 is 0 Å². The molecular formula is C18H27N3O6. The lowest BCUT2D eigenvalue weighted by atomic mass is 9.81. The molecule has 2 fully saturated rings. The highest BCUT2D eigenvalue weighted by molar-refractivity contribution is 6.07. The number of fused-ring (bicyclic) bond motifs is 1. The van der Waals surface area contributed by atoms with Gasteiger partial charge in [0.2, 0.25) is 17.7 Å². The van der Waals surface area contributed by atoms with Crippen LogP contribution in [0, 0.1) is 11.8 Å². The van der Waals surface area contributed by atoms with Crippen molar-refractivity contribution in [3.05, 3.63) is 0 Å². The predicted octanol–water partition coefficient (Wildman–Crippen LogP) is -0.264. The number of nitrogens with zero attached hydrogens (tertiary/aromatic N) is 1. The van der Waals surface area contributed by atoms with Crippen LogP contribution in [-0.4, -0.2) is 60.2 Å². The van der Waals surface area contributed by atoms with E-state index < -0.39 is 24.5 Å². The number of hydrogen-bond donors (Lipinski definition) is 2. The molecule has 150 valence electrons. The summed E-state index contributed by atoms with van der Waals surface area (Å²) in [6.45, 7) is 3.06. The van der Waals surface area contributed by atoms with Gasteiger partial charge in [0.1, 0.15) is 6.04 Å². The van der Waals surface area contributed by atoms with Crippen molar-refractivity contribution in [2.24, 2.45) is 11.8 Å². The molecule has 9 nitrogen and oxygen atoms in total. The molecule has 0 spiro atoms. The van der Waals surface area contributed by atoms with E-state index in [2.05, 4.69) is 10.6 Å². The van der Waals surface area contributed by atoms with Gasteiger partial charge in [0, 0.05) is 6.54 Å². The molecule has 2 rings (SSSR count). The molecule has 1 saturated heterocycles. The Labute approximate surface area is 158 Å². The summed E-state index contributed by atoms with van der Waals surface area (Å²) in [4.78, 5) is 61.2. The van der Waals surface area contributed by atoms with Crippen LogP contribution in [0.3, 0.4) is 0 Å². The largest absolute Gasteiger partial charge is 0.454 e. The summed E-state index contributed by atoms with van der Waals surface area (Å²) in [6, 6.07) is -1.07. The topological polar surface area (TPSA) is 122 Å². The molecule has 2 aliphatic rings. The monoisotopic (exact) mass is 381 g/mol. The van der Waals surface area contributed by atoms with E-state index in [0.717, 1.165) is 24.2 Å². The Morgan fingerprint density at radius 2 is 1.67 bits per heavy atom. The number of carbonyl (C=O) groups excluding carboxylic acids is 5. The number of likely N-dealkylation sites (tertiary alicyclic amines) is 1. The van der Waals surface area contributed by atoms with Gasteiger partial charge >= 0.3 is 5.97 Å². The highest BCUT2D eigenvalue weighted by atomic mass is 16.5. The molecule has 0 radical (unpaired) electrons. The maximum atomic E-state index is 12.5. The van der Waals surface area contributed by atoms with Gasteiger partial charge in [-0.2, -0.15) is 0 Å². The molecule has 2 N–H and O–H groups in total. The standard InChI is InChI=1S/C18H27N3O6/c1-3-8-19-14(22)9-20-15(23)10-27-18(26)11(2)21-16(24)12-6-4-5-7-13(12)17(21)25/h11-13H,3-10H2,1-2H3,(H,19,22)(H,20,23)/t11-,12-,13-/m0/s1. The second-order valence-corrected chi connectivity index (χ2v) is 6.95. The van der Waals surface area contributed by atoms with E-state index in [0.29, 0.717) is 19.4 Å². The van der Waals surface area contributed by atoms with Crippen molar-refractivity contribution < 1.29 is 28.7 Å². The Hall–Kier alpha value is -2.45. The van der Waals surface area contributed by atoms with Crippen LogP contribution in [0.25, 0.3) is 0 Å². The number of nitrogens with one attached hydrogen (secondary N) is 2. The zero-order valence-electron chi connectivity index (χ0n) is 15.8. The van der Waals surface area contributed by atoms with Crippen LogP contribution < -0.4 is 10.6 Å². The van der Waals surface area contributed by atoms with Gasteiger partial charge in [-0.15, -0.1) is 0 Å². The maximum Gasteiger partial charge on any atom is 0.329 e. The van der Waals surface area contributed by atoms with E-state index in [1.54, 1.807) is 0 Å². The summed E-state index contributed by atoms with van der Waals surface area (Å²) in [7, 11) is 0. The first-order chi connectivity index (χ1) is 12.9. The minimum atomic E-state index is -1.07. The molecule has 3 atom stereocenters. The van der Waals surface area contributed by atoms with E-state index in [1.807, 2.05) is 6.92 Å². The van der Waals surface area contributed by atoms with Gasteiger partial charge in [0.15, 0.2) is 6.61 Å². The number of carbonyl (C=O) groups is 5. The van der Waals surface area contributed by atoms with Gasteiger partial charge in [0.25, 0.3) is 5.91 Å². The second kappa shape index (κ2) is 9.48. The van der Waals surface area contributed by atoms with E-state index in [4.69, 9.17) is 4.74 Å². The molecule has 0 unspecified atom stereocenters. The molecule has 27 heavy (non-hydrogen) atoms. The molecular weight excluding hydrogens is 354 g/mol. The molecule has 0 bridgehead atoms. The Kier molecular flexibility index (Phi) is 7.32. The normalized spacial score (nSPS) is 22.8. The van der Waals surface area contributed by atoms with Crippen LogP contribution >= 0.6 is 0 Å². The lowest BCUT2D eigenvalue weighted by Crippen LogP contribution is -2.45. The summed E-state index contributed by atoms with van der Waals surface area (Å²) >= 11 is 0. The van der Waals surface area contributed by atoms with Gasteiger partial charge in [-0.25, -0.2) is 4.79 Å². The van der Waals surface area contributed by atoms with Crippen molar-refractivity contribution in [2.45, 2.75) is 52.0 Å². The molecule has 0 aromatic heterocycles. The molecule has 9 heteroatoms. The molecule has 4 amide bonds. The van der Waals surface area contributed by atoms with Gasteiger partial charge in [-0.1, -0.05) is 19.8 Å². The molecule has 1 saturated carbocycles. The Balaban J connectivity index is 1.80. The van der Waals surface area contributed by atoms with Crippen molar-refractivity contribution in [1.29, 1.82) is 0 Å². The number of amides is 4. The number of ether oxygens (including phenoxy) is 1. The van der Waals surface area contributed by atoms with Crippen molar-refractivity contribution >= 4 is 29.6 Å².